The Morgan fingerprint density at radius 3 is 2.81 bits per heavy atom. The Balaban J connectivity index is 0.00000220. The minimum absolute atomic E-state index is 0. The highest BCUT2D eigenvalue weighted by molar-refractivity contribution is 14.0. The summed E-state index contributed by atoms with van der Waals surface area (Å²) in [6.45, 7) is 6.30. The SMILES string of the molecule is CCNC(=NCc1ncnn1C)NCc1sccc1C.I. The molecule has 2 rings (SSSR count). The average molecular weight is 420 g/mol. The number of halogens is 1. The van der Waals surface area contributed by atoms with E-state index in [1.54, 1.807) is 22.3 Å². The van der Waals surface area contributed by atoms with Crippen molar-refractivity contribution >= 4 is 41.3 Å². The van der Waals surface area contributed by atoms with Crippen LogP contribution in [0.1, 0.15) is 23.2 Å². The molecule has 2 N–H and O–H groups in total. The minimum atomic E-state index is 0. The number of hydrogen-bond donors (Lipinski definition) is 2. The van der Waals surface area contributed by atoms with Crippen LogP contribution in [0.4, 0.5) is 0 Å². The molecule has 6 nitrogen and oxygen atoms in total. The highest BCUT2D eigenvalue weighted by Crippen LogP contribution is 2.14. The lowest BCUT2D eigenvalue weighted by Crippen LogP contribution is -2.36. The fourth-order valence-corrected chi connectivity index (χ4v) is 2.55. The average Bonchev–Trinajstić information content (AvgIpc) is 3.02. The Morgan fingerprint density at radius 2 is 2.24 bits per heavy atom. The number of aromatic nitrogens is 3. The third kappa shape index (κ3) is 5.27. The molecule has 2 aromatic heterocycles. The molecule has 0 unspecified atom stereocenters. The van der Waals surface area contributed by atoms with Gasteiger partial charge in [-0.2, -0.15) is 5.10 Å². The number of guanidine groups is 1. The maximum absolute atomic E-state index is 4.52. The fourth-order valence-electron chi connectivity index (χ4n) is 1.70. The van der Waals surface area contributed by atoms with Gasteiger partial charge < -0.3 is 10.6 Å². The summed E-state index contributed by atoms with van der Waals surface area (Å²) >= 11 is 1.76. The summed E-state index contributed by atoms with van der Waals surface area (Å²) in [5.41, 5.74) is 1.31. The Morgan fingerprint density at radius 1 is 1.43 bits per heavy atom. The molecule has 21 heavy (non-hydrogen) atoms. The molecule has 8 heteroatoms. The first-order valence-corrected chi connectivity index (χ1v) is 7.46. The van der Waals surface area contributed by atoms with Crippen molar-refractivity contribution in [3.05, 3.63) is 34.0 Å². The van der Waals surface area contributed by atoms with Crippen molar-refractivity contribution in [1.29, 1.82) is 0 Å². The van der Waals surface area contributed by atoms with Gasteiger partial charge in [0.2, 0.25) is 0 Å². The number of hydrogen-bond acceptors (Lipinski definition) is 4. The van der Waals surface area contributed by atoms with Crippen molar-refractivity contribution in [1.82, 2.24) is 25.4 Å². The van der Waals surface area contributed by atoms with Crippen molar-refractivity contribution < 1.29 is 0 Å². The normalized spacial score (nSPS) is 11.1. The van der Waals surface area contributed by atoms with Gasteiger partial charge in [-0.05, 0) is 30.9 Å². The van der Waals surface area contributed by atoms with E-state index in [0.717, 1.165) is 24.9 Å². The maximum Gasteiger partial charge on any atom is 0.191 e. The zero-order chi connectivity index (χ0) is 14.4. The van der Waals surface area contributed by atoms with Crippen LogP contribution in [0, 0.1) is 6.92 Å². The Kier molecular flexibility index (Phi) is 7.65. The van der Waals surface area contributed by atoms with Crippen molar-refractivity contribution in [2.24, 2.45) is 12.0 Å². The molecule has 0 amide bonds. The van der Waals surface area contributed by atoms with Gasteiger partial charge in [-0.1, -0.05) is 0 Å². The summed E-state index contributed by atoms with van der Waals surface area (Å²) in [5, 5.41) is 12.7. The molecule has 0 spiro atoms. The van der Waals surface area contributed by atoms with E-state index in [9.17, 15) is 0 Å². The quantitative estimate of drug-likeness (QED) is 0.442. The lowest BCUT2D eigenvalue weighted by molar-refractivity contribution is 0.697. The van der Waals surface area contributed by atoms with Gasteiger partial charge in [0.15, 0.2) is 5.96 Å². The number of thiophene rings is 1. The van der Waals surface area contributed by atoms with Crippen molar-refractivity contribution in [2.45, 2.75) is 26.9 Å². The van der Waals surface area contributed by atoms with Crippen LogP contribution in [-0.4, -0.2) is 27.3 Å². The van der Waals surface area contributed by atoms with E-state index in [0.29, 0.717) is 6.54 Å². The lowest BCUT2D eigenvalue weighted by atomic mass is 10.3. The molecule has 0 fully saturated rings. The third-order valence-corrected chi connectivity index (χ3v) is 3.94. The van der Waals surface area contributed by atoms with Crippen LogP contribution in [0.3, 0.4) is 0 Å². The number of nitrogens with zero attached hydrogens (tertiary/aromatic N) is 4. The second kappa shape index (κ2) is 8.98. The van der Waals surface area contributed by atoms with Gasteiger partial charge in [0.1, 0.15) is 18.7 Å². The number of nitrogens with one attached hydrogen (secondary N) is 2. The molecule has 0 saturated carbocycles. The summed E-state index contributed by atoms with van der Waals surface area (Å²) in [4.78, 5) is 10.0. The first kappa shape index (κ1) is 17.9. The smallest absolute Gasteiger partial charge is 0.191 e. The highest BCUT2D eigenvalue weighted by atomic mass is 127. The molecule has 0 radical (unpaired) electrons. The van der Waals surface area contributed by atoms with E-state index in [4.69, 9.17) is 0 Å². The number of rotatable bonds is 5. The van der Waals surface area contributed by atoms with Crippen molar-refractivity contribution in [3.63, 3.8) is 0 Å². The highest BCUT2D eigenvalue weighted by Gasteiger charge is 2.03. The molecule has 116 valence electrons. The van der Waals surface area contributed by atoms with Crippen LogP contribution >= 0.6 is 35.3 Å². The van der Waals surface area contributed by atoms with E-state index >= 15 is 0 Å². The molecular formula is C13H21IN6S. The first-order valence-electron chi connectivity index (χ1n) is 6.58. The summed E-state index contributed by atoms with van der Waals surface area (Å²) < 4.78 is 1.73. The molecule has 0 atom stereocenters. The molecule has 2 heterocycles. The zero-order valence-electron chi connectivity index (χ0n) is 12.5. The monoisotopic (exact) mass is 420 g/mol. The lowest BCUT2D eigenvalue weighted by Gasteiger charge is -2.10. The van der Waals surface area contributed by atoms with Crippen LogP contribution < -0.4 is 10.6 Å². The van der Waals surface area contributed by atoms with Gasteiger partial charge in [0, 0.05) is 18.5 Å². The molecule has 0 aliphatic heterocycles. The minimum Gasteiger partial charge on any atom is -0.357 e. The first-order chi connectivity index (χ1) is 9.70. The standard InChI is InChI=1S/C13H20N6S.HI/c1-4-14-13(15-7-11-10(2)5-6-20-11)16-8-12-17-9-18-19(12)3;/h5-6,9H,4,7-8H2,1-3H3,(H2,14,15,16);1H. The molecular weight excluding hydrogens is 399 g/mol. The van der Waals surface area contributed by atoms with Gasteiger partial charge in [-0.25, -0.2) is 9.98 Å². The van der Waals surface area contributed by atoms with Crippen LogP contribution in [0.5, 0.6) is 0 Å². The van der Waals surface area contributed by atoms with Crippen LogP contribution in [0.2, 0.25) is 0 Å². The number of aryl methyl sites for hydroxylation is 2. The zero-order valence-corrected chi connectivity index (χ0v) is 15.6. The molecule has 0 bridgehead atoms. The predicted octanol–water partition coefficient (Wildman–Crippen LogP) is 2.06. The van der Waals surface area contributed by atoms with Crippen molar-refractivity contribution in [2.75, 3.05) is 6.54 Å². The predicted molar refractivity (Wildman–Crippen MR) is 97.1 cm³/mol. The second-order valence-electron chi connectivity index (χ2n) is 4.38. The summed E-state index contributed by atoms with van der Waals surface area (Å²) in [6.07, 6.45) is 1.54. The van der Waals surface area contributed by atoms with Crippen LogP contribution in [0.25, 0.3) is 0 Å². The van der Waals surface area contributed by atoms with Crippen LogP contribution in [-0.2, 0) is 20.1 Å². The van der Waals surface area contributed by atoms with Gasteiger partial charge in [0.25, 0.3) is 0 Å². The number of aliphatic imine (C=N–C) groups is 1. The third-order valence-electron chi connectivity index (χ3n) is 2.91. The van der Waals surface area contributed by atoms with E-state index in [1.807, 2.05) is 7.05 Å². The summed E-state index contributed by atoms with van der Waals surface area (Å²) in [7, 11) is 1.87. The van der Waals surface area contributed by atoms with E-state index in [1.165, 1.54) is 10.4 Å². The second-order valence-corrected chi connectivity index (χ2v) is 5.38. The molecule has 0 aliphatic rings. The van der Waals surface area contributed by atoms with Gasteiger partial charge in [0.05, 0.1) is 6.54 Å². The maximum atomic E-state index is 4.52. The molecule has 2 aromatic rings. The molecule has 0 saturated heterocycles. The largest absolute Gasteiger partial charge is 0.357 e. The summed E-state index contributed by atoms with van der Waals surface area (Å²) in [5.74, 6) is 1.64. The van der Waals surface area contributed by atoms with E-state index < -0.39 is 0 Å². The fraction of sp³-hybridized carbons (Fsp3) is 0.462. The van der Waals surface area contributed by atoms with E-state index in [-0.39, 0.29) is 24.0 Å². The Hall–Kier alpha value is -1.16. The molecule has 0 aliphatic carbocycles. The Labute approximate surface area is 146 Å². The van der Waals surface area contributed by atoms with Gasteiger partial charge >= 0.3 is 0 Å². The topological polar surface area (TPSA) is 67.1 Å². The van der Waals surface area contributed by atoms with Crippen molar-refractivity contribution in [3.8, 4) is 0 Å². The Bertz CT molecular complexity index is 577. The van der Waals surface area contributed by atoms with E-state index in [2.05, 4.69) is 51.0 Å². The van der Waals surface area contributed by atoms with Crippen LogP contribution in [0.15, 0.2) is 22.8 Å². The summed E-state index contributed by atoms with van der Waals surface area (Å²) in [6, 6.07) is 2.13. The van der Waals surface area contributed by atoms with Gasteiger partial charge in [-0.15, -0.1) is 35.3 Å². The molecule has 0 aromatic carbocycles. The van der Waals surface area contributed by atoms with Gasteiger partial charge in [-0.3, -0.25) is 4.68 Å².